The lowest BCUT2D eigenvalue weighted by Gasteiger charge is -2.33. The maximum atomic E-state index is 12.3. The van der Waals surface area contributed by atoms with Gasteiger partial charge in [-0.2, -0.15) is 0 Å². The molecule has 1 atom stereocenters. The minimum atomic E-state index is -0.233. The standard InChI is InChI=1S/C12H17N3O2/c1-9-8-13-5-7-15(9)12(17)10-4-3-6-14(2)11(10)16/h3-4,6,9,13H,5,7-8H2,1-2H3/t9-/m1/s1. The molecule has 1 aliphatic rings. The van der Waals surface area contributed by atoms with Crippen molar-refractivity contribution in [3.05, 3.63) is 34.2 Å². The Morgan fingerprint density at radius 1 is 1.53 bits per heavy atom. The molecule has 0 unspecified atom stereocenters. The van der Waals surface area contributed by atoms with E-state index in [4.69, 9.17) is 0 Å². The second kappa shape index (κ2) is 4.71. The Hall–Kier alpha value is -1.62. The van der Waals surface area contributed by atoms with Gasteiger partial charge in [0.05, 0.1) is 0 Å². The van der Waals surface area contributed by atoms with Crippen LogP contribution in [0.25, 0.3) is 0 Å². The smallest absolute Gasteiger partial charge is 0.263 e. The number of amides is 1. The maximum absolute atomic E-state index is 12.3. The highest BCUT2D eigenvalue weighted by atomic mass is 16.2. The molecule has 1 aromatic rings. The number of pyridine rings is 1. The molecule has 92 valence electrons. The van der Waals surface area contributed by atoms with Crippen molar-refractivity contribution in [1.29, 1.82) is 0 Å². The lowest BCUT2D eigenvalue weighted by Crippen LogP contribution is -2.53. The van der Waals surface area contributed by atoms with Crippen LogP contribution in [0.5, 0.6) is 0 Å². The van der Waals surface area contributed by atoms with Crippen LogP contribution < -0.4 is 10.9 Å². The third kappa shape index (κ3) is 2.24. The molecule has 1 N–H and O–H groups in total. The summed E-state index contributed by atoms with van der Waals surface area (Å²) >= 11 is 0. The van der Waals surface area contributed by atoms with E-state index < -0.39 is 0 Å². The molecule has 1 saturated heterocycles. The third-order valence-electron chi connectivity index (χ3n) is 3.12. The highest BCUT2D eigenvalue weighted by Gasteiger charge is 2.25. The number of carbonyl (C=O) groups excluding carboxylic acids is 1. The average molecular weight is 235 g/mol. The van der Waals surface area contributed by atoms with Gasteiger partial charge in [-0.05, 0) is 19.1 Å². The topological polar surface area (TPSA) is 54.3 Å². The van der Waals surface area contributed by atoms with Crippen LogP contribution in [0, 0.1) is 0 Å². The van der Waals surface area contributed by atoms with Gasteiger partial charge in [0.1, 0.15) is 5.56 Å². The van der Waals surface area contributed by atoms with E-state index in [9.17, 15) is 9.59 Å². The van der Waals surface area contributed by atoms with Gasteiger partial charge < -0.3 is 14.8 Å². The highest BCUT2D eigenvalue weighted by molar-refractivity contribution is 5.94. The van der Waals surface area contributed by atoms with E-state index in [1.54, 1.807) is 30.3 Å². The fourth-order valence-corrected chi connectivity index (χ4v) is 2.06. The Morgan fingerprint density at radius 2 is 2.29 bits per heavy atom. The quantitative estimate of drug-likeness (QED) is 0.734. The molecular weight excluding hydrogens is 218 g/mol. The molecule has 0 spiro atoms. The molecule has 5 heteroatoms. The first-order valence-corrected chi connectivity index (χ1v) is 5.78. The van der Waals surface area contributed by atoms with Crippen molar-refractivity contribution < 1.29 is 4.79 Å². The van der Waals surface area contributed by atoms with Gasteiger partial charge in [-0.15, -0.1) is 0 Å². The van der Waals surface area contributed by atoms with Crippen LogP contribution in [0.2, 0.25) is 0 Å². The fourth-order valence-electron chi connectivity index (χ4n) is 2.06. The summed E-state index contributed by atoms with van der Waals surface area (Å²) in [5, 5.41) is 3.22. The summed E-state index contributed by atoms with van der Waals surface area (Å²) in [5.74, 6) is -0.166. The molecular formula is C12H17N3O2. The molecule has 1 aromatic heterocycles. The predicted molar refractivity (Wildman–Crippen MR) is 65.1 cm³/mol. The highest BCUT2D eigenvalue weighted by Crippen LogP contribution is 2.07. The van der Waals surface area contributed by atoms with Gasteiger partial charge in [0.2, 0.25) is 0 Å². The van der Waals surface area contributed by atoms with Crippen LogP contribution >= 0.6 is 0 Å². The Labute approximate surface area is 100 Å². The zero-order chi connectivity index (χ0) is 12.4. The summed E-state index contributed by atoms with van der Waals surface area (Å²) in [6, 6.07) is 3.45. The number of rotatable bonds is 1. The van der Waals surface area contributed by atoms with E-state index in [0.717, 1.165) is 13.1 Å². The predicted octanol–water partition coefficient (Wildman–Crippen LogP) is -0.181. The van der Waals surface area contributed by atoms with Gasteiger partial charge in [-0.1, -0.05) is 0 Å². The molecule has 2 heterocycles. The first kappa shape index (κ1) is 11.9. The van der Waals surface area contributed by atoms with E-state index in [1.165, 1.54) is 4.57 Å². The first-order valence-electron chi connectivity index (χ1n) is 5.78. The van der Waals surface area contributed by atoms with Crippen molar-refractivity contribution >= 4 is 5.91 Å². The molecule has 0 saturated carbocycles. The van der Waals surface area contributed by atoms with Crippen molar-refractivity contribution in [3.8, 4) is 0 Å². The van der Waals surface area contributed by atoms with E-state index in [1.807, 2.05) is 6.92 Å². The molecule has 5 nitrogen and oxygen atoms in total. The molecule has 0 bridgehead atoms. The van der Waals surface area contributed by atoms with E-state index >= 15 is 0 Å². The molecule has 17 heavy (non-hydrogen) atoms. The average Bonchev–Trinajstić information content (AvgIpc) is 2.32. The van der Waals surface area contributed by atoms with Gasteiger partial charge >= 0.3 is 0 Å². The number of nitrogens with zero attached hydrogens (tertiary/aromatic N) is 2. The molecule has 1 fully saturated rings. The first-order chi connectivity index (χ1) is 8.11. The summed E-state index contributed by atoms with van der Waals surface area (Å²) in [6.45, 7) is 4.19. The molecule has 1 amide bonds. The lowest BCUT2D eigenvalue weighted by molar-refractivity contribution is 0.0653. The summed E-state index contributed by atoms with van der Waals surface area (Å²) < 4.78 is 1.43. The Morgan fingerprint density at radius 3 is 3.00 bits per heavy atom. The summed E-state index contributed by atoms with van der Waals surface area (Å²) in [6.07, 6.45) is 1.65. The Balaban J connectivity index is 2.30. The Bertz CT molecular complexity index is 481. The number of aromatic nitrogens is 1. The van der Waals surface area contributed by atoms with Crippen molar-refractivity contribution in [2.75, 3.05) is 19.6 Å². The Kier molecular flexibility index (Phi) is 3.28. The monoisotopic (exact) mass is 235 g/mol. The molecule has 0 radical (unpaired) electrons. The van der Waals surface area contributed by atoms with Crippen LogP contribution in [0.4, 0.5) is 0 Å². The largest absolute Gasteiger partial charge is 0.333 e. The van der Waals surface area contributed by atoms with Crippen LogP contribution in [0.3, 0.4) is 0 Å². The van der Waals surface area contributed by atoms with Crippen LogP contribution in [0.15, 0.2) is 23.1 Å². The number of piperazine rings is 1. The number of carbonyl (C=O) groups is 1. The lowest BCUT2D eigenvalue weighted by atomic mass is 10.1. The summed E-state index contributed by atoms with van der Waals surface area (Å²) in [5.41, 5.74) is 0.0204. The number of nitrogens with one attached hydrogen (secondary N) is 1. The number of hydrogen-bond acceptors (Lipinski definition) is 3. The zero-order valence-electron chi connectivity index (χ0n) is 10.1. The summed E-state index contributed by atoms with van der Waals surface area (Å²) in [7, 11) is 1.65. The maximum Gasteiger partial charge on any atom is 0.263 e. The van der Waals surface area contributed by atoms with E-state index in [2.05, 4.69) is 5.32 Å². The normalized spacial score (nSPS) is 20.4. The van der Waals surface area contributed by atoms with E-state index in [0.29, 0.717) is 6.54 Å². The van der Waals surface area contributed by atoms with Gasteiger partial charge in [0, 0.05) is 38.9 Å². The minimum absolute atomic E-state index is 0.126. The second-order valence-electron chi connectivity index (χ2n) is 4.39. The second-order valence-corrected chi connectivity index (χ2v) is 4.39. The van der Waals surface area contributed by atoms with Crippen LogP contribution in [0.1, 0.15) is 17.3 Å². The molecule has 0 aromatic carbocycles. The minimum Gasteiger partial charge on any atom is -0.333 e. The van der Waals surface area contributed by atoms with Gasteiger partial charge in [0.15, 0.2) is 0 Å². The van der Waals surface area contributed by atoms with Crippen LogP contribution in [-0.2, 0) is 7.05 Å². The fraction of sp³-hybridized carbons (Fsp3) is 0.500. The zero-order valence-corrected chi connectivity index (χ0v) is 10.1. The number of aryl methyl sites for hydroxylation is 1. The van der Waals surface area contributed by atoms with Crippen molar-refractivity contribution in [1.82, 2.24) is 14.8 Å². The van der Waals surface area contributed by atoms with E-state index in [-0.39, 0.29) is 23.1 Å². The molecule has 2 rings (SSSR count). The van der Waals surface area contributed by atoms with Crippen LogP contribution in [-0.4, -0.2) is 41.1 Å². The van der Waals surface area contributed by atoms with Gasteiger partial charge in [-0.3, -0.25) is 9.59 Å². The SMILES string of the molecule is C[C@@H]1CNCCN1C(=O)c1cccn(C)c1=O. The molecule has 1 aliphatic heterocycles. The van der Waals surface area contributed by atoms with Crippen molar-refractivity contribution in [2.24, 2.45) is 7.05 Å². The van der Waals surface area contributed by atoms with Gasteiger partial charge in [-0.25, -0.2) is 0 Å². The van der Waals surface area contributed by atoms with Crippen molar-refractivity contribution in [3.63, 3.8) is 0 Å². The van der Waals surface area contributed by atoms with Gasteiger partial charge in [0.25, 0.3) is 11.5 Å². The molecule has 0 aliphatic carbocycles. The summed E-state index contributed by atoms with van der Waals surface area (Å²) in [4.78, 5) is 25.9. The van der Waals surface area contributed by atoms with Crippen molar-refractivity contribution in [2.45, 2.75) is 13.0 Å². The number of hydrogen-bond donors (Lipinski definition) is 1. The third-order valence-corrected chi connectivity index (χ3v) is 3.12.